The lowest BCUT2D eigenvalue weighted by Gasteiger charge is -2.37. The summed E-state index contributed by atoms with van der Waals surface area (Å²) >= 11 is 12.2. The molecule has 1 aliphatic heterocycles. The maximum absolute atomic E-state index is 13.7. The maximum Gasteiger partial charge on any atom is 0.273 e. The molecule has 2 aromatic rings. The molecule has 1 heterocycles. The number of amides is 3. The fourth-order valence-electron chi connectivity index (χ4n) is 6.16. The maximum atomic E-state index is 13.7. The molecule has 178 valence electrons. The zero-order chi connectivity index (χ0) is 24.6. The van der Waals surface area contributed by atoms with Crippen molar-refractivity contribution in [2.24, 2.45) is 35.5 Å². The van der Waals surface area contributed by atoms with Crippen molar-refractivity contribution in [1.29, 1.82) is 0 Å². The van der Waals surface area contributed by atoms with Gasteiger partial charge >= 0.3 is 0 Å². The zero-order valence-corrected chi connectivity index (χ0v) is 20.4. The van der Waals surface area contributed by atoms with Crippen molar-refractivity contribution < 1.29 is 19.2 Å². The summed E-state index contributed by atoms with van der Waals surface area (Å²) in [6, 6.07) is 11.3. The second kappa shape index (κ2) is 8.04. The van der Waals surface area contributed by atoms with Crippen LogP contribution in [0.1, 0.15) is 32.7 Å². The molecule has 8 heteroatoms. The Kier molecular flexibility index (Phi) is 5.17. The minimum absolute atomic E-state index is 0.00572. The van der Waals surface area contributed by atoms with Crippen molar-refractivity contribution in [2.45, 2.75) is 13.3 Å². The Morgan fingerprint density at radius 1 is 0.886 bits per heavy atom. The van der Waals surface area contributed by atoms with Crippen molar-refractivity contribution in [1.82, 2.24) is 10.0 Å². The smallest absolute Gasteiger partial charge is 0.273 e. The van der Waals surface area contributed by atoms with E-state index >= 15 is 0 Å². The van der Waals surface area contributed by atoms with Crippen LogP contribution in [0.25, 0.3) is 0 Å². The van der Waals surface area contributed by atoms with Gasteiger partial charge in [-0.25, -0.2) is 5.01 Å². The van der Waals surface area contributed by atoms with E-state index in [-0.39, 0.29) is 33.2 Å². The molecular weight excluding hydrogens is 487 g/mol. The molecule has 0 radical (unpaired) electrons. The number of hydrazine groups is 1. The fraction of sp³-hybridized carbons (Fsp3) is 0.333. The Morgan fingerprint density at radius 2 is 1.46 bits per heavy atom. The monoisotopic (exact) mass is 508 g/mol. The number of ketones is 1. The van der Waals surface area contributed by atoms with E-state index in [4.69, 9.17) is 23.2 Å². The number of rotatable bonds is 5. The van der Waals surface area contributed by atoms with E-state index in [1.165, 1.54) is 18.2 Å². The molecule has 6 nitrogen and oxygen atoms in total. The molecule has 0 unspecified atom stereocenters. The molecule has 0 spiro atoms. The minimum Gasteiger partial charge on any atom is -0.292 e. The summed E-state index contributed by atoms with van der Waals surface area (Å²) in [6.45, 7) is 1.46. The number of imide groups is 1. The highest BCUT2D eigenvalue weighted by Gasteiger charge is 2.68. The van der Waals surface area contributed by atoms with Gasteiger partial charge in [0.05, 0.1) is 21.9 Å². The van der Waals surface area contributed by atoms with Gasteiger partial charge in [-0.3, -0.25) is 19.2 Å². The number of nitrogens with zero attached hydrogens (tertiary/aromatic N) is 2. The lowest BCUT2D eigenvalue weighted by Crippen LogP contribution is -2.52. The SMILES string of the molecule is Cc1ccc(C(=O)CN(C(=O)c2ccc(Cl)c(Cl)c2)N2C(=O)[C@@H]3[C@@H]4C=C[C@H]([C@H]5C[C@@H]45)[C@@H]3C2=O)cc1. The molecule has 5 aliphatic rings. The fourth-order valence-corrected chi connectivity index (χ4v) is 6.46. The third kappa shape index (κ3) is 3.46. The lowest BCUT2D eigenvalue weighted by molar-refractivity contribution is -0.154. The third-order valence-corrected chi connectivity index (χ3v) is 8.69. The number of allylic oxidation sites excluding steroid dienone is 2. The number of Topliss-reactive ketones (excluding diaryl/α,β-unsaturated/α-hetero) is 1. The first-order chi connectivity index (χ1) is 16.8. The number of benzene rings is 2. The third-order valence-electron chi connectivity index (χ3n) is 7.95. The second-order valence-corrected chi connectivity index (χ2v) is 10.7. The molecule has 6 atom stereocenters. The Morgan fingerprint density at radius 3 is 2.03 bits per heavy atom. The first kappa shape index (κ1) is 22.5. The van der Waals surface area contributed by atoms with Crippen LogP contribution in [0.15, 0.2) is 54.6 Å². The number of halogens is 2. The van der Waals surface area contributed by atoms with Crippen molar-refractivity contribution in [2.75, 3.05) is 6.54 Å². The summed E-state index contributed by atoms with van der Waals surface area (Å²) in [5.41, 5.74) is 1.51. The zero-order valence-electron chi connectivity index (χ0n) is 18.9. The minimum atomic E-state index is -0.658. The molecule has 3 amide bonds. The van der Waals surface area contributed by atoms with Gasteiger partial charge in [0.2, 0.25) is 0 Å². The van der Waals surface area contributed by atoms with Crippen molar-refractivity contribution >= 4 is 46.7 Å². The Hall–Kier alpha value is -2.96. The molecule has 1 saturated heterocycles. The number of aryl methyl sites for hydroxylation is 1. The van der Waals surface area contributed by atoms with Gasteiger partial charge in [0.15, 0.2) is 5.78 Å². The molecule has 4 aliphatic carbocycles. The van der Waals surface area contributed by atoms with E-state index in [2.05, 4.69) is 12.2 Å². The largest absolute Gasteiger partial charge is 0.292 e. The molecule has 0 aromatic heterocycles. The van der Waals surface area contributed by atoms with Gasteiger partial charge in [-0.15, -0.1) is 0 Å². The second-order valence-electron chi connectivity index (χ2n) is 9.92. The van der Waals surface area contributed by atoms with Gasteiger partial charge in [-0.05, 0) is 55.2 Å². The number of carbonyl (C=O) groups excluding carboxylic acids is 4. The number of carbonyl (C=O) groups is 4. The van der Waals surface area contributed by atoms with Crippen LogP contribution in [-0.2, 0) is 9.59 Å². The summed E-state index contributed by atoms with van der Waals surface area (Å²) in [4.78, 5) is 54.2. The summed E-state index contributed by atoms with van der Waals surface area (Å²) < 4.78 is 0. The van der Waals surface area contributed by atoms with Gasteiger partial charge in [-0.1, -0.05) is 65.2 Å². The standard InChI is InChI=1S/C27H22Cl2N2O4/c1-13-2-4-14(5-3-13)22(32)12-30(25(33)15-6-9-20(28)21(29)10-15)31-26(34)23-16-7-8-17(19-11-18(16)19)24(23)27(31)35/h2-10,16-19,23-24H,11-12H2,1H3/t16-,17-,18-,19+,23+,24-/m1/s1. The topological polar surface area (TPSA) is 74.8 Å². The van der Waals surface area contributed by atoms with E-state index in [9.17, 15) is 19.2 Å². The van der Waals surface area contributed by atoms with Crippen LogP contribution in [0.5, 0.6) is 0 Å². The van der Waals surface area contributed by atoms with Crippen LogP contribution in [0.4, 0.5) is 0 Å². The van der Waals surface area contributed by atoms with Crippen molar-refractivity contribution in [3.05, 3.63) is 81.4 Å². The van der Waals surface area contributed by atoms with E-state index in [1.54, 1.807) is 24.3 Å². The van der Waals surface area contributed by atoms with Crippen LogP contribution in [0.2, 0.25) is 10.0 Å². The first-order valence-corrected chi connectivity index (χ1v) is 12.4. The molecule has 0 N–H and O–H groups in total. The van der Waals surface area contributed by atoms with Gasteiger partial charge in [0, 0.05) is 11.1 Å². The molecule has 2 saturated carbocycles. The molecule has 2 bridgehead atoms. The highest BCUT2D eigenvalue weighted by Crippen LogP contribution is 2.65. The average molecular weight is 509 g/mol. The summed E-state index contributed by atoms with van der Waals surface area (Å²) in [5, 5.41) is 2.36. The average Bonchev–Trinajstić information content (AvgIpc) is 3.63. The van der Waals surface area contributed by atoms with E-state index < -0.39 is 36.1 Å². The van der Waals surface area contributed by atoms with Gasteiger partial charge in [0.1, 0.15) is 6.54 Å². The summed E-state index contributed by atoms with van der Waals surface area (Å²) in [6.07, 6.45) is 5.17. The number of hydrogen-bond acceptors (Lipinski definition) is 4. The first-order valence-electron chi connectivity index (χ1n) is 11.7. The van der Waals surface area contributed by atoms with E-state index in [0.29, 0.717) is 17.4 Å². The molecular formula is C27H22Cl2N2O4. The van der Waals surface area contributed by atoms with Crippen LogP contribution >= 0.6 is 23.2 Å². The number of hydrogen-bond donors (Lipinski definition) is 0. The van der Waals surface area contributed by atoms with Crippen LogP contribution < -0.4 is 0 Å². The molecule has 7 rings (SSSR count). The van der Waals surface area contributed by atoms with E-state index in [1.807, 2.05) is 6.92 Å². The Balaban J connectivity index is 1.37. The van der Waals surface area contributed by atoms with Crippen LogP contribution in [0.3, 0.4) is 0 Å². The quantitative estimate of drug-likeness (QED) is 0.336. The van der Waals surface area contributed by atoms with E-state index in [0.717, 1.165) is 22.0 Å². The Bertz CT molecular complexity index is 1280. The highest BCUT2D eigenvalue weighted by atomic mass is 35.5. The normalized spacial score (nSPS) is 29.7. The van der Waals surface area contributed by atoms with Crippen LogP contribution in [0, 0.1) is 42.4 Å². The predicted octanol–water partition coefficient (Wildman–Crippen LogP) is 4.60. The van der Waals surface area contributed by atoms with Gasteiger partial charge in [0.25, 0.3) is 17.7 Å². The molecule has 3 fully saturated rings. The summed E-state index contributed by atoms with van der Waals surface area (Å²) in [7, 11) is 0. The van der Waals surface area contributed by atoms with Gasteiger partial charge in [-0.2, -0.15) is 5.01 Å². The molecule has 35 heavy (non-hydrogen) atoms. The van der Waals surface area contributed by atoms with Crippen LogP contribution in [-0.4, -0.2) is 40.1 Å². The molecule has 2 aromatic carbocycles. The van der Waals surface area contributed by atoms with Crippen molar-refractivity contribution in [3.63, 3.8) is 0 Å². The highest BCUT2D eigenvalue weighted by molar-refractivity contribution is 6.42. The summed E-state index contributed by atoms with van der Waals surface area (Å²) in [5.74, 6) is -1.96. The lowest BCUT2D eigenvalue weighted by atomic mass is 9.63. The Labute approximate surface area is 212 Å². The van der Waals surface area contributed by atoms with Crippen molar-refractivity contribution in [3.8, 4) is 0 Å². The predicted molar refractivity (Wildman–Crippen MR) is 130 cm³/mol. The van der Waals surface area contributed by atoms with Gasteiger partial charge < -0.3 is 0 Å².